The Balaban J connectivity index is 2.54. The normalized spacial score (nSPS) is 12.4. The highest BCUT2D eigenvalue weighted by Gasteiger charge is 2.12. The number of nitrogens with zero attached hydrogens (tertiary/aromatic N) is 1. The van der Waals surface area contributed by atoms with Gasteiger partial charge in [0, 0.05) is 6.20 Å². The molecule has 0 aliphatic heterocycles. The Labute approximate surface area is 86.7 Å². The van der Waals surface area contributed by atoms with Gasteiger partial charge in [-0.2, -0.15) is 0 Å². The first-order valence-corrected chi connectivity index (χ1v) is 4.57. The number of halogens is 1. The topological polar surface area (TPSA) is 76.2 Å². The fraction of sp³-hybridized carbons (Fsp3) is 0.333. The van der Waals surface area contributed by atoms with Crippen molar-refractivity contribution in [3.63, 3.8) is 0 Å². The van der Waals surface area contributed by atoms with E-state index in [1.165, 1.54) is 0 Å². The van der Waals surface area contributed by atoms with Crippen LogP contribution in [0.3, 0.4) is 0 Å². The van der Waals surface area contributed by atoms with E-state index in [1.807, 2.05) is 0 Å². The summed E-state index contributed by atoms with van der Waals surface area (Å²) < 4.78 is 0. The predicted molar refractivity (Wildman–Crippen MR) is 53.2 cm³/mol. The van der Waals surface area contributed by atoms with E-state index in [-0.39, 0.29) is 0 Å². The number of carboxylic acids is 1. The average molecular weight is 215 g/mol. The maximum absolute atomic E-state index is 10.4. The summed E-state index contributed by atoms with van der Waals surface area (Å²) in [6, 6.07) is 2.59. The molecule has 4 nitrogen and oxygen atoms in total. The number of hydrogen-bond acceptors (Lipinski definition) is 3. The number of hydrogen-bond donors (Lipinski definition) is 2. The van der Waals surface area contributed by atoms with E-state index >= 15 is 0 Å². The third-order valence-electron chi connectivity index (χ3n) is 1.84. The van der Waals surface area contributed by atoms with Gasteiger partial charge in [-0.15, -0.1) is 0 Å². The molecule has 5 heteroatoms. The number of aryl methyl sites for hydroxylation is 1. The minimum absolute atomic E-state index is 0.339. The van der Waals surface area contributed by atoms with Gasteiger partial charge in [0.25, 0.3) is 0 Å². The lowest BCUT2D eigenvalue weighted by Gasteiger charge is -2.06. The van der Waals surface area contributed by atoms with Gasteiger partial charge in [0.2, 0.25) is 0 Å². The van der Waals surface area contributed by atoms with Crippen molar-refractivity contribution >= 4 is 17.6 Å². The van der Waals surface area contributed by atoms with Crippen molar-refractivity contribution < 1.29 is 9.90 Å². The molecule has 0 spiro atoms. The van der Waals surface area contributed by atoms with Gasteiger partial charge in [-0.1, -0.05) is 11.6 Å². The van der Waals surface area contributed by atoms with Gasteiger partial charge in [0.15, 0.2) is 0 Å². The lowest BCUT2D eigenvalue weighted by molar-refractivity contribution is -0.138. The molecule has 1 heterocycles. The zero-order valence-corrected chi connectivity index (χ0v) is 8.24. The maximum atomic E-state index is 10.4. The SMILES string of the molecule is N[C@H](CCc1ncccc1Cl)C(=O)O. The highest BCUT2D eigenvalue weighted by atomic mass is 35.5. The molecule has 1 rings (SSSR count). The smallest absolute Gasteiger partial charge is 0.320 e. The van der Waals surface area contributed by atoms with Gasteiger partial charge in [0.05, 0.1) is 10.7 Å². The predicted octanol–water partition coefficient (Wildman–Crippen LogP) is 1.08. The van der Waals surface area contributed by atoms with Crippen LogP contribution >= 0.6 is 11.6 Å². The Morgan fingerprint density at radius 3 is 3.00 bits per heavy atom. The molecule has 1 aromatic rings. The van der Waals surface area contributed by atoms with Crippen molar-refractivity contribution in [2.24, 2.45) is 5.73 Å². The number of pyridine rings is 1. The third kappa shape index (κ3) is 2.97. The number of carboxylic acid groups (broad SMARTS) is 1. The van der Waals surface area contributed by atoms with Gasteiger partial charge in [-0.3, -0.25) is 9.78 Å². The lowest BCUT2D eigenvalue weighted by Crippen LogP contribution is -2.30. The van der Waals surface area contributed by atoms with E-state index in [2.05, 4.69) is 4.98 Å². The molecule has 14 heavy (non-hydrogen) atoms. The van der Waals surface area contributed by atoms with Crippen LogP contribution in [0.2, 0.25) is 5.02 Å². The Morgan fingerprint density at radius 1 is 1.71 bits per heavy atom. The summed E-state index contributed by atoms with van der Waals surface area (Å²) in [5.41, 5.74) is 6.03. The van der Waals surface area contributed by atoms with Crippen LogP contribution in [-0.2, 0) is 11.2 Å². The molecule has 0 aromatic carbocycles. The van der Waals surface area contributed by atoms with E-state index < -0.39 is 12.0 Å². The standard InChI is InChI=1S/C9H11ClN2O2/c10-6-2-1-5-12-8(6)4-3-7(11)9(13)14/h1-2,5,7H,3-4,11H2,(H,13,14)/t7-/m1/s1. The first-order chi connectivity index (χ1) is 6.61. The number of aromatic nitrogens is 1. The number of nitrogens with two attached hydrogens (primary N) is 1. The summed E-state index contributed by atoms with van der Waals surface area (Å²) in [4.78, 5) is 14.5. The largest absolute Gasteiger partial charge is 0.480 e. The van der Waals surface area contributed by atoms with Crippen LogP contribution in [0.1, 0.15) is 12.1 Å². The Kier molecular flexibility index (Phi) is 3.85. The lowest BCUT2D eigenvalue weighted by atomic mass is 10.1. The van der Waals surface area contributed by atoms with Gasteiger partial charge < -0.3 is 10.8 Å². The van der Waals surface area contributed by atoms with E-state index in [1.54, 1.807) is 18.3 Å². The molecule has 3 N–H and O–H groups in total. The Morgan fingerprint density at radius 2 is 2.43 bits per heavy atom. The molecule has 1 atom stereocenters. The average Bonchev–Trinajstić information content (AvgIpc) is 2.16. The second-order valence-corrected chi connectivity index (χ2v) is 3.32. The second kappa shape index (κ2) is 4.93. The molecule has 0 aliphatic carbocycles. The monoisotopic (exact) mass is 214 g/mol. The van der Waals surface area contributed by atoms with Crippen molar-refractivity contribution in [3.8, 4) is 0 Å². The zero-order chi connectivity index (χ0) is 10.6. The summed E-state index contributed by atoms with van der Waals surface area (Å²) in [5, 5.41) is 9.10. The van der Waals surface area contributed by atoms with E-state index in [0.717, 1.165) is 0 Å². The van der Waals surface area contributed by atoms with Gasteiger partial charge in [-0.05, 0) is 25.0 Å². The summed E-state index contributed by atoms with van der Waals surface area (Å²) in [6.07, 6.45) is 2.44. The van der Waals surface area contributed by atoms with E-state index in [0.29, 0.717) is 23.6 Å². The Bertz CT molecular complexity index is 330. The van der Waals surface area contributed by atoms with Crippen molar-refractivity contribution in [2.45, 2.75) is 18.9 Å². The quantitative estimate of drug-likeness (QED) is 0.787. The van der Waals surface area contributed by atoms with Crippen molar-refractivity contribution in [2.75, 3.05) is 0 Å². The first kappa shape index (κ1) is 10.9. The highest BCUT2D eigenvalue weighted by Crippen LogP contribution is 2.14. The molecule has 0 bridgehead atoms. The molecule has 0 fully saturated rings. The number of aliphatic carboxylic acids is 1. The third-order valence-corrected chi connectivity index (χ3v) is 2.19. The maximum Gasteiger partial charge on any atom is 0.320 e. The minimum atomic E-state index is -1.00. The molecule has 76 valence electrons. The van der Waals surface area contributed by atoms with Crippen LogP contribution in [0.5, 0.6) is 0 Å². The molecule has 0 saturated carbocycles. The Hall–Kier alpha value is -1.13. The van der Waals surface area contributed by atoms with Crippen LogP contribution in [0.4, 0.5) is 0 Å². The molecular formula is C9H11ClN2O2. The zero-order valence-electron chi connectivity index (χ0n) is 7.48. The van der Waals surface area contributed by atoms with Crippen LogP contribution in [0.15, 0.2) is 18.3 Å². The van der Waals surface area contributed by atoms with Gasteiger partial charge >= 0.3 is 5.97 Å². The fourth-order valence-electron chi connectivity index (χ4n) is 1.02. The van der Waals surface area contributed by atoms with Crippen molar-refractivity contribution in [1.29, 1.82) is 0 Å². The van der Waals surface area contributed by atoms with Gasteiger partial charge in [-0.25, -0.2) is 0 Å². The number of carbonyl (C=O) groups is 1. The van der Waals surface area contributed by atoms with Crippen LogP contribution in [0.25, 0.3) is 0 Å². The van der Waals surface area contributed by atoms with Crippen LogP contribution < -0.4 is 5.73 Å². The number of rotatable bonds is 4. The molecule has 0 unspecified atom stereocenters. The van der Waals surface area contributed by atoms with Crippen molar-refractivity contribution in [3.05, 3.63) is 29.0 Å². The summed E-state index contributed by atoms with van der Waals surface area (Å²) >= 11 is 5.84. The summed E-state index contributed by atoms with van der Waals surface area (Å²) in [7, 11) is 0. The molecule has 0 aliphatic rings. The first-order valence-electron chi connectivity index (χ1n) is 4.19. The fourth-order valence-corrected chi connectivity index (χ4v) is 1.23. The molecule has 0 amide bonds. The molecule has 0 radical (unpaired) electrons. The van der Waals surface area contributed by atoms with E-state index in [9.17, 15) is 4.79 Å². The van der Waals surface area contributed by atoms with E-state index in [4.69, 9.17) is 22.4 Å². The van der Waals surface area contributed by atoms with Crippen molar-refractivity contribution in [1.82, 2.24) is 4.98 Å². The molecule has 1 aromatic heterocycles. The van der Waals surface area contributed by atoms with Crippen LogP contribution in [0, 0.1) is 0 Å². The summed E-state index contributed by atoms with van der Waals surface area (Å²) in [5.74, 6) is -1.00. The highest BCUT2D eigenvalue weighted by molar-refractivity contribution is 6.31. The van der Waals surface area contributed by atoms with Gasteiger partial charge in [0.1, 0.15) is 6.04 Å². The summed E-state index contributed by atoms with van der Waals surface area (Å²) in [6.45, 7) is 0. The second-order valence-electron chi connectivity index (χ2n) is 2.92. The molecular weight excluding hydrogens is 204 g/mol. The minimum Gasteiger partial charge on any atom is -0.480 e. The molecule has 0 saturated heterocycles. The van der Waals surface area contributed by atoms with Crippen LogP contribution in [-0.4, -0.2) is 22.1 Å².